The average Bonchev–Trinajstić information content (AvgIpc) is 2.50. The summed E-state index contributed by atoms with van der Waals surface area (Å²) in [5.74, 6) is 6.65. The Morgan fingerprint density at radius 1 is 1.45 bits per heavy atom. The van der Waals surface area contributed by atoms with Crippen molar-refractivity contribution in [3.8, 4) is 5.75 Å². The smallest absolute Gasteiger partial charge is 0.124 e. The van der Waals surface area contributed by atoms with Gasteiger partial charge in [-0.1, -0.05) is 25.1 Å². The summed E-state index contributed by atoms with van der Waals surface area (Å²) in [6.07, 6.45) is 0.0373. The van der Waals surface area contributed by atoms with E-state index in [1.807, 2.05) is 31.2 Å². The number of ether oxygens (including phenoxy) is 2. The maximum atomic E-state index is 5.91. The Labute approximate surface area is 121 Å². The molecule has 5 nitrogen and oxygen atoms in total. The zero-order valence-electron chi connectivity index (χ0n) is 12.3. The lowest BCUT2D eigenvalue weighted by Gasteiger charge is -2.36. The van der Waals surface area contributed by atoms with Crippen molar-refractivity contribution in [1.29, 1.82) is 0 Å². The Morgan fingerprint density at radius 3 is 2.95 bits per heavy atom. The van der Waals surface area contributed by atoms with Crippen LogP contribution in [0.2, 0.25) is 0 Å². The summed E-state index contributed by atoms with van der Waals surface area (Å²) < 4.78 is 11.6. The highest BCUT2D eigenvalue weighted by atomic mass is 16.5. The van der Waals surface area contributed by atoms with Crippen LogP contribution < -0.4 is 16.0 Å². The molecule has 0 bridgehead atoms. The minimum Gasteiger partial charge on any atom is -0.494 e. The number of hydrogen-bond acceptors (Lipinski definition) is 5. The molecule has 1 aliphatic rings. The maximum absolute atomic E-state index is 5.91. The summed E-state index contributed by atoms with van der Waals surface area (Å²) in [5, 5.41) is 0. The van der Waals surface area contributed by atoms with Crippen LogP contribution in [0.1, 0.15) is 25.5 Å². The largest absolute Gasteiger partial charge is 0.494 e. The van der Waals surface area contributed by atoms with E-state index in [9.17, 15) is 0 Å². The lowest BCUT2D eigenvalue weighted by molar-refractivity contribution is -0.0460. The fourth-order valence-electron chi connectivity index (χ4n) is 2.64. The molecule has 0 aromatic heterocycles. The number of hydrogen-bond donors (Lipinski definition) is 2. The van der Waals surface area contributed by atoms with Gasteiger partial charge in [0.15, 0.2) is 0 Å². The van der Waals surface area contributed by atoms with Crippen LogP contribution in [0.3, 0.4) is 0 Å². The molecule has 1 aliphatic heterocycles. The lowest BCUT2D eigenvalue weighted by atomic mass is 9.99. The predicted molar refractivity (Wildman–Crippen MR) is 79.5 cm³/mol. The Hall–Kier alpha value is -1.14. The van der Waals surface area contributed by atoms with E-state index in [1.165, 1.54) is 0 Å². The van der Waals surface area contributed by atoms with E-state index in [1.54, 1.807) is 0 Å². The van der Waals surface area contributed by atoms with Gasteiger partial charge in [0.1, 0.15) is 5.75 Å². The van der Waals surface area contributed by atoms with Gasteiger partial charge in [-0.2, -0.15) is 0 Å². The van der Waals surface area contributed by atoms with Gasteiger partial charge in [0.2, 0.25) is 0 Å². The van der Waals surface area contributed by atoms with Crippen LogP contribution in [-0.2, 0) is 4.74 Å². The minimum atomic E-state index is -0.0629. The summed E-state index contributed by atoms with van der Waals surface area (Å²) in [6, 6.07) is 7.94. The summed E-state index contributed by atoms with van der Waals surface area (Å²) in [5.41, 5.74) is 3.96. The Morgan fingerprint density at radius 2 is 2.25 bits per heavy atom. The lowest BCUT2D eigenvalue weighted by Crippen LogP contribution is -2.49. The average molecular weight is 279 g/mol. The Kier molecular flexibility index (Phi) is 5.79. The van der Waals surface area contributed by atoms with Crippen molar-refractivity contribution in [1.82, 2.24) is 10.3 Å². The Bertz CT molecular complexity index is 414. The molecule has 0 radical (unpaired) electrons. The van der Waals surface area contributed by atoms with Gasteiger partial charge in [0.05, 0.1) is 25.4 Å². The Balaban J connectivity index is 2.18. The molecule has 1 fully saturated rings. The highest BCUT2D eigenvalue weighted by Crippen LogP contribution is 2.29. The molecule has 2 rings (SSSR count). The summed E-state index contributed by atoms with van der Waals surface area (Å²) in [4.78, 5) is 2.38. The van der Waals surface area contributed by atoms with Crippen LogP contribution in [0.15, 0.2) is 24.3 Å². The number of rotatable bonds is 6. The molecule has 0 aliphatic carbocycles. The highest BCUT2D eigenvalue weighted by Gasteiger charge is 2.29. The first-order chi connectivity index (χ1) is 9.80. The van der Waals surface area contributed by atoms with Gasteiger partial charge in [-0.15, -0.1) is 0 Å². The fourth-order valence-corrected chi connectivity index (χ4v) is 2.64. The number of para-hydroxylation sites is 1. The van der Waals surface area contributed by atoms with Gasteiger partial charge < -0.3 is 9.47 Å². The number of hydrazine groups is 1. The van der Waals surface area contributed by atoms with Crippen LogP contribution >= 0.6 is 0 Å². The molecule has 5 heteroatoms. The molecule has 1 saturated heterocycles. The predicted octanol–water partition coefficient (Wildman–Crippen LogP) is 1.31. The summed E-state index contributed by atoms with van der Waals surface area (Å²) >= 11 is 0. The standard InChI is InChI=1S/C15H25N3O2/c1-3-18-9-10-20-14(11-18)15(17-16)12-7-5-6-8-13(12)19-4-2/h5-8,14-15,17H,3-4,9-11,16H2,1-2H3. The monoisotopic (exact) mass is 279 g/mol. The van der Waals surface area contributed by atoms with Crippen molar-refractivity contribution >= 4 is 0 Å². The van der Waals surface area contributed by atoms with Crippen molar-refractivity contribution in [3.63, 3.8) is 0 Å². The van der Waals surface area contributed by atoms with Crippen LogP contribution in [0.5, 0.6) is 5.75 Å². The van der Waals surface area contributed by atoms with Crippen LogP contribution in [-0.4, -0.2) is 43.9 Å². The molecule has 1 heterocycles. The van der Waals surface area contributed by atoms with Gasteiger partial charge in [0, 0.05) is 18.7 Å². The quantitative estimate of drug-likeness (QED) is 0.607. The molecule has 20 heavy (non-hydrogen) atoms. The zero-order chi connectivity index (χ0) is 14.4. The van der Waals surface area contributed by atoms with Gasteiger partial charge in [-0.25, -0.2) is 0 Å². The van der Waals surface area contributed by atoms with Gasteiger partial charge in [0.25, 0.3) is 0 Å². The first-order valence-electron chi connectivity index (χ1n) is 7.32. The van der Waals surface area contributed by atoms with Gasteiger partial charge in [-0.3, -0.25) is 16.2 Å². The van der Waals surface area contributed by atoms with Crippen molar-refractivity contribution < 1.29 is 9.47 Å². The minimum absolute atomic E-state index is 0.0373. The van der Waals surface area contributed by atoms with Gasteiger partial charge >= 0.3 is 0 Å². The molecular formula is C15H25N3O2. The van der Waals surface area contributed by atoms with E-state index in [-0.39, 0.29) is 12.1 Å². The van der Waals surface area contributed by atoms with Crippen molar-refractivity contribution in [2.75, 3.05) is 32.8 Å². The second-order valence-electron chi connectivity index (χ2n) is 4.92. The maximum Gasteiger partial charge on any atom is 0.124 e. The van der Waals surface area contributed by atoms with E-state index in [0.717, 1.165) is 37.6 Å². The van der Waals surface area contributed by atoms with Gasteiger partial charge in [-0.05, 0) is 19.5 Å². The van der Waals surface area contributed by atoms with E-state index >= 15 is 0 Å². The molecular weight excluding hydrogens is 254 g/mol. The molecule has 1 aromatic rings. The first kappa shape index (κ1) is 15.3. The first-order valence-corrected chi connectivity index (χ1v) is 7.32. The van der Waals surface area contributed by atoms with Crippen LogP contribution in [0.4, 0.5) is 0 Å². The highest BCUT2D eigenvalue weighted by molar-refractivity contribution is 5.36. The van der Waals surface area contributed by atoms with E-state index in [2.05, 4.69) is 17.2 Å². The molecule has 112 valence electrons. The summed E-state index contributed by atoms with van der Waals surface area (Å²) in [6.45, 7) is 8.43. The van der Waals surface area contributed by atoms with Crippen LogP contribution in [0.25, 0.3) is 0 Å². The summed E-state index contributed by atoms with van der Waals surface area (Å²) in [7, 11) is 0. The SMILES string of the molecule is CCOc1ccccc1C(NN)C1CN(CC)CCO1. The molecule has 1 aromatic carbocycles. The van der Waals surface area contributed by atoms with E-state index < -0.39 is 0 Å². The van der Waals surface area contributed by atoms with Crippen molar-refractivity contribution in [2.45, 2.75) is 26.0 Å². The third-order valence-corrected chi connectivity index (χ3v) is 3.73. The molecule has 2 unspecified atom stereocenters. The fraction of sp³-hybridized carbons (Fsp3) is 0.600. The molecule has 0 saturated carbocycles. The second-order valence-corrected chi connectivity index (χ2v) is 4.92. The third-order valence-electron chi connectivity index (χ3n) is 3.73. The number of benzene rings is 1. The molecule has 2 atom stereocenters. The van der Waals surface area contributed by atoms with E-state index in [4.69, 9.17) is 15.3 Å². The normalized spacial score (nSPS) is 21.6. The second kappa shape index (κ2) is 7.59. The third kappa shape index (κ3) is 3.49. The number of likely N-dealkylation sites (N-methyl/N-ethyl adjacent to an activating group) is 1. The number of nitrogens with zero attached hydrogens (tertiary/aromatic N) is 1. The molecule has 3 N–H and O–H groups in total. The molecule has 0 amide bonds. The van der Waals surface area contributed by atoms with Crippen molar-refractivity contribution in [2.24, 2.45) is 5.84 Å². The zero-order valence-corrected chi connectivity index (χ0v) is 12.3. The molecule has 0 spiro atoms. The number of nitrogens with one attached hydrogen (secondary N) is 1. The topological polar surface area (TPSA) is 59.8 Å². The number of morpholine rings is 1. The van der Waals surface area contributed by atoms with Crippen LogP contribution in [0, 0.1) is 0 Å². The van der Waals surface area contributed by atoms with E-state index in [0.29, 0.717) is 6.61 Å². The van der Waals surface area contributed by atoms with Crippen molar-refractivity contribution in [3.05, 3.63) is 29.8 Å². The number of nitrogens with two attached hydrogens (primary N) is 1.